The van der Waals surface area contributed by atoms with Crippen LogP contribution in [-0.4, -0.2) is 25.3 Å². The first-order chi connectivity index (χ1) is 38.5. The molecule has 4 heterocycles. The molecule has 0 fully saturated rings. The maximum absolute atomic E-state index is 3.08. The van der Waals surface area contributed by atoms with Crippen LogP contribution in [0, 0.1) is 0 Å². The van der Waals surface area contributed by atoms with Gasteiger partial charge in [-0.15, -0.1) is 0 Å². The van der Waals surface area contributed by atoms with E-state index < -0.39 is 16.1 Å². The minimum atomic E-state index is -3.08. The van der Waals surface area contributed by atoms with Gasteiger partial charge in [0.2, 0.25) is 0 Å². The molecule has 3 nitrogen and oxygen atoms in total. The normalized spacial score (nSPS) is 14.4. The molecule has 0 saturated carbocycles. The van der Waals surface area contributed by atoms with E-state index in [0.29, 0.717) is 0 Å². The number of hydrogen-bond acceptors (Lipinski definition) is 1. The fourth-order valence-corrected chi connectivity index (χ4v) is 24.5. The average Bonchev–Trinajstić information content (AvgIpc) is 2.63. The van der Waals surface area contributed by atoms with Gasteiger partial charge in [0.15, 0.2) is 16.1 Å². The van der Waals surface area contributed by atoms with E-state index in [9.17, 15) is 0 Å². The van der Waals surface area contributed by atoms with E-state index in [0.717, 1.165) is 11.4 Å². The van der Waals surface area contributed by atoms with Gasteiger partial charge in [0.1, 0.15) is 0 Å². The molecule has 0 saturated heterocycles. The van der Waals surface area contributed by atoms with Crippen LogP contribution in [0.1, 0.15) is 52.7 Å². The summed E-state index contributed by atoms with van der Waals surface area (Å²) in [4.78, 5) is 2.69. The lowest BCUT2D eigenvalue weighted by Gasteiger charge is -2.52. The average molecular weight is 1050 g/mol. The molecule has 0 radical (unpaired) electrons. The second-order valence-corrected chi connectivity index (χ2v) is 31.5. The van der Waals surface area contributed by atoms with Gasteiger partial charge < -0.3 is 14.0 Å². The number of benzene rings is 11. The zero-order chi connectivity index (χ0) is 53.4. The Labute approximate surface area is 465 Å². The van der Waals surface area contributed by atoms with Gasteiger partial charge in [-0.2, -0.15) is 0 Å². The van der Waals surface area contributed by atoms with Crippen molar-refractivity contribution in [3.8, 4) is 11.4 Å². The van der Waals surface area contributed by atoms with Gasteiger partial charge in [0.25, 0.3) is 0 Å². The Balaban J connectivity index is 1.02. The van der Waals surface area contributed by atoms with E-state index in [1.165, 1.54) is 113 Å². The maximum atomic E-state index is 2.69. The Morgan fingerprint density at radius 1 is 0.278 bits per heavy atom. The van der Waals surface area contributed by atoms with Crippen LogP contribution >= 0.6 is 0 Å². The third-order valence-corrected chi connectivity index (χ3v) is 27.4. The predicted molar refractivity (Wildman–Crippen MR) is 342 cm³/mol. The van der Waals surface area contributed by atoms with Crippen LogP contribution in [0.3, 0.4) is 0 Å². The van der Waals surface area contributed by atoms with Crippen LogP contribution in [0.5, 0.6) is 0 Å². The van der Waals surface area contributed by atoms with Crippen molar-refractivity contribution < 1.29 is 0 Å². The van der Waals surface area contributed by atoms with Crippen LogP contribution in [0.2, 0.25) is 0 Å². The third-order valence-electron chi connectivity index (χ3n) is 17.7. The highest BCUT2D eigenvalue weighted by molar-refractivity contribution is 7.24. The summed E-state index contributed by atoms with van der Waals surface area (Å²) < 4.78 is 5.03. The number of fused-ring (bicyclic) bond motifs is 10. The zero-order valence-electron chi connectivity index (χ0n) is 45.7. The quantitative estimate of drug-likeness (QED) is 0.151. The molecule has 13 aromatic rings. The maximum Gasteiger partial charge on any atom is 0.184 e. The van der Waals surface area contributed by atoms with Gasteiger partial charge in [-0.05, 0) is 130 Å². The highest BCUT2D eigenvalue weighted by atomic mass is 28.3. The van der Waals surface area contributed by atoms with Gasteiger partial charge in [-0.1, -0.05) is 236 Å². The number of hydrogen-bond donors (Lipinski definition) is 0. The summed E-state index contributed by atoms with van der Waals surface area (Å²) in [5.41, 5.74) is 13.7. The first kappa shape index (κ1) is 47.5. The second-order valence-electron chi connectivity index (χ2n) is 24.1. The van der Waals surface area contributed by atoms with E-state index in [4.69, 9.17) is 0 Å². The molecule has 380 valence electrons. The first-order valence-corrected chi connectivity index (χ1v) is 32.0. The molecule has 0 spiro atoms. The number of para-hydroxylation sites is 3. The van der Waals surface area contributed by atoms with Crippen LogP contribution < -0.4 is 46.4 Å². The predicted octanol–water partition coefficient (Wildman–Crippen LogP) is 13.3. The lowest BCUT2D eigenvalue weighted by Crippen LogP contribution is -2.82. The zero-order valence-corrected chi connectivity index (χ0v) is 47.7. The van der Waals surface area contributed by atoms with Gasteiger partial charge in [-0.3, -0.25) is 0 Å². The lowest BCUT2D eigenvalue weighted by atomic mass is 9.85. The molecular weight excluding hydrogens is 987 g/mol. The minimum Gasteiger partial charge on any atom is -0.311 e. The summed E-state index contributed by atoms with van der Waals surface area (Å²) in [5, 5.41) is 16.3. The number of nitrogens with zero attached hydrogens (tertiary/aromatic N) is 3. The molecule has 2 aliphatic rings. The molecule has 11 aromatic carbocycles. The summed E-state index contributed by atoms with van der Waals surface area (Å²) in [6.07, 6.45) is 0. The highest BCUT2D eigenvalue weighted by Gasteiger charge is 2.56. The molecule has 0 unspecified atom stereocenters. The molecular formula is C74H61N3Si2. The third kappa shape index (κ3) is 6.76. The van der Waals surface area contributed by atoms with Crippen LogP contribution in [0.25, 0.3) is 55.0 Å². The summed E-state index contributed by atoms with van der Waals surface area (Å²) in [7, 11) is -6.05. The van der Waals surface area contributed by atoms with Crippen LogP contribution in [-0.2, 0) is 10.8 Å². The molecule has 0 N–H and O–H groups in total. The van der Waals surface area contributed by atoms with Crippen molar-refractivity contribution in [3.63, 3.8) is 0 Å². The molecule has 5 heteroatoms. The van der Waals surface area contributed by atoms with Crippen LogP contribution in [0.15, 0.2) is 261 Å². The molecule has 0 atom stereocenters. The Morgan fingerprint density at radius 2 is 0.658 bits per heavy atom. The van der Waals surface area contributed by atoms with Gasteiger partial charge in [-0.25, -0.2) is 0 Å². The smallest absolute Gasteiger partial charge is 0.184 e. The summed E-state index contributed by atoms with van der Waals surface area (Å²) in [6, 6.07) is 101. The first-order valence-electron chi connectivity index (χ1n) is 28.0. The van der Waals surface area contributed by atoms with E-state index in [1.54, 1.807) is 0 Å². The molecule has 0 bridgehead atoms. The van der Waals surface area contributed by atoms with Crippen molar-refractivity contribution in [3.05, 3.63) is 272 Å². The van der Waals surface area contributed by atoms with E-state index in [2.05, 4.69) is 316 Å². The monoisotopic (exact) mass is 1050 g/mol. The van der Waals surface area contributed by atoms with Crippen molar-refractivity contribution in [2.45, 2.75) is 52.4 Å². The summed E-state index contributed by atoms with van der Waals surface area (Å²) >= 11 is 0. The fourth-order valence-electron chi connectivity index (χ4n) is 14.1. The molecule has 15 rings (SSSR count). The molecule has 2 aromatic heterocycles. The van der Waals surface area contributed by atoms with E-state index in [1.807, 2.05) is 0 Å². The van der Waals surface area contributed by atoms with Gasteiger partial charge >= 0.3 is 0 Å². The molecule has 2 aliphatic heterocycles. The Morgan fingerprint density at radius 3 is 1.16 bits per heavy atom. The number of anilines is 3. The van der Waals surface area contributed by atoms with Crippen molar-refractivity contribution in [1.82, 2.24) is 9.13 Å². The topological polar surface area (TPSA) is 13.1 Å². The van der Waals surface area contributed by atoms with Crippen molar-refractivity contribution in [2.75, 3.05) is 4.90 Å². The highest BCUT2D eigenvalue weighted by Crippen LogP contribution is 2.44. The minimum absolute atomic E-state index is 0.0220. The Bertz CT molecular complexity index is 4400. The van der Waals surface area contributed by atoms with Gasteiger partial charge in [0.05, 0.1) is 22.1 Å². The van der Waals surface area contributed by atoms with Crippen molar-refractivity contribution >= 4 is 118 Å². The largest absolute Gasteiger partial charge is 0.311 e. The standard InChI is InChI=1S/C74H61N3Si2/c1-73(2,3)50-38-42-63-59(46-50)60-47-51(74(4,5)6)39-43-64(60)75(63)52-40-44-65-61(48-52)58-32-19-20-33-62(58)76(65)53-41-45-69-67(49-53)77-66-34-21-22-35-68(66)78(54-24-11-7-12-25-54,55-26-13-8-14-27-55)70-36-23-37-71(72(70)77)79(69,56-28-15-9-16-29-56)57-30-17-10-18-31-57/h7-49H,1-6H3. The summed E-state index contributed by atoms with van der Waals surface area (Å²) in [5.74, 6) is 0. The molecule has 79 heavy (non-hydrogen) atoms. The van der Waals surface area contributed by atoms with Gasteiger partial charge in [0, 0.05) is 50.0 Å². The van der Waals surface area contributed by atoms with E-state index >= 15 is 0 Å². The van der Waals surface area contributed by atoms with E-state index in [-0.39, 0.29) is 10.8 Å². The lowest BCUT2D eigenvalue weighted by molar-refractivity contribution is 0.590. The SMILES string of the molecule is CC(C)(C)c1ccc2c(c1)c1cc(C(C)(C)C)ccc1n2-c1ccc2c(c1)c1ccccc1n2-c1ccc2c(c1)N1c3ccccc3[Si](c3ccccc3)(c3ccccc3)c3cccc(c31)[Si]2(c1ccccc1)c1ccccc1. The Hall–Kier alpha value is -8.75. The van der Waals surface area contributed by atoms with Crippen molar-refractivity contribution in [2.24, 2.45) is 0 Å². The number of aromatic nitrogens is 2. The van der Waals surface area contributed by atoms with Crippen LogP contribution in [0.4, 0.5) is 17.1 Å². The fraction of sp³-hybridized carbons (Fsp3) is 0.108. The molecule has 0 amide bonds. The summed E-state index contributed by atoms with van der Waals surface area (Å²) in [6.45, 7) is 13.9. The second kappa shape index (κ2) is 17.4. The Kier molecular flexibility index (Phi) is 10.4. The van der Waals surface area contributed by atoms with Crippen molar-refractivity contribution in [1.29, 1.82) is 0 Å². The molecule has 0 aliphatic carbocycles. The number of rotatable bonds is 6.